The minimum atomic E-state index is 0.877. The van der Waals surface area contributed by atoms with Gasteiger partial charge in [0.25, 0.3) is 0 Å². The number of hydrogen-bond donors (Lipinski definition) is 0. The maximum absolute atomic E-state index is 2.18. The highest BCUT2D eigenvalue weighted by Crippen LogP contribution is 2.08. The van der Waals surface area contributed by atoms with Crippen LogP contribution in [0.25, 0.3) is 0 Å². The highest BCUT2D eigenvalue weighted by atomic mass is 32.2. The van der Waals surface area contributed by atoms with Crippen molar-refractivity contribution in [3.8, 4) is 0 Å². The molecule has 0 aliphatic carbocycles. The zero-order valence-electron chi connectivity index (χ0n) is 5.52. The van der Waals surface area contributed by atoms with Crippen molar-refractivity contribution in [3.63, 3.8) is 0 Å². The fraction of sp³-hybridized carbons (Fsp3) is 1.00. The number of hydrogen-bond acceptors (Lipinski definition) is 2. The molecule has 8 heavy (non-hydrogen) atoms. The van der Waals surface area contributed by atoms with Gasteiger partial charge < -0.3 is 0 Å². The van der Waals surface area contributed by atoms with Crippen LogP contribution >= 0.6 is 23.5 Å². The maximum atomic E-state index is 2.18. The summed E-state index contributed by atoms with van der Waals surface area (Å²) in [6.45, 7) is 0. The van der Waals surface area contributed by atoms with Crippen LogP contribution in [0.5, 0.6) is 0 Å². The van der Waals surface area contributed by atoms with Crippen molar-refractivity contribution in [2.24, 2.45) is 0 Å². The molecule has 0 saturated carbocycles. The first-order valence-corrected chi connectivity index (χ1v) is 6.16. The van der Waals surface area contributed by atoms with Crippen LogP contribution < -0.4 is 0 Å². The van der Waals surface area contributed by atoms with Gasteiger partial charge in [-0.15, -0.1) is 0 Å². The van der Waals surface area contributed by atoms with Gasteiger partial charge >= 0.3 is 0 Å². The average molecular weight is 165 g/mol. The Labute approximate surface area is 63.6 Å². The summed E-state index contributed by atoms with van der Waals surface area (Å²) in [5.41, 5.74) is 0. The van der Waals surface area contributed by atoms with Gasteiger partial charge in [0, 0.05) is 10.2 Å². The van der Waals surface area contributed by atoms with Gasteiger partial charge in [-0.3, -0.25) is 0 Å². The first kappa shape index (κ1) is 8.92. The molecular weight excluding hydrogens is 152 g/mol. The Morgan fingerprint density at radius 2 is 2.12 bits per heavy atom. The zero-order chi connectivity index (χ0) is 6.41. The molecule has 1 radical (unpaired) electrons. The normalized spacial score (nSPS) is 13.9. The van der Waals surface area contributed by atoms with E-state index in [9.17, 15) is 0 Å². The largest absolute Gasteiger partial charge is 0.166 e. The lowest BCUT2D eigenvalue weighted by Crippen LogP contribution is -2.01. The summed E-state index contributed by atoms with van der Waals surface area (Å²) < 4.78 is 0. The molecule has 0 N–H and O–H groups in total. The topological polar surface area (TPSA) is 0 Å². The van der Waals surface area contributed by atoms with Crippen molar-refractivity contribution in [2.75, 3.05) is 18.3 Å². The lowest BCUT2D eigenvalue weighted by atomic mass is 10.6. The van der Waals surface area contributed by atoms with Crippen molar-refractivity contribution < 1.29 is 0 Å². The molecule has 0 heterocycles. The van der Waals surface area contributed by atoms with Gasteiger partial charge in [-0.05, 0) is 29.6 Å². The van der Waals surface area contributed by atoms with E-state index in [1.54, 1.807) is 0 Å². The first-order chi connectivity index (χ1) is 3.81. The molecule has 49 valence electrons. The molecule has 0 fully saturated rings. The monoisotopic (exact) mass is 165 g/mol. The van der Waals surface area contributed by atoms with Crippen molar-refractivity contribution in [3.05, 3.63) is 0 Å². The van der Waals surface area contributed by atoms with E-state index in [1.807, 2.05) is 23.5 Å². The molecule has 0 aromatic carbocycles. The van der Waals surface area contributed by atoms with Crippen molar-refractivity contribution >= 4 is 33.8 Å². The Bertz CT molecular complexity index is 49.7. The molecule has 0 aromatic heterocycles. The number of thioether (sulfide) groups is 2. The van der Waals surface area contributed by atoms with Crippen LogP contribution in [0.1, 0.15) is 6.42 Å². The summed E-state index contributed by atoms with van der Waals surface area (Å²) in [5.74, 6) is 1.31. The smallest absolute Gasteiger partial charge is 0.0254 e. The third-order valence-electron chi connectivity index (χ3n) is 0.977. The Balaban J connectivity index is 2.86. The highest BCUT2D eigenvalue weighted by molar-refractivity contribution is 8.00. The minimum absolute atomic E-state index is 0.877. The van der Waals surface area contributed by atoms with Gasteiger partial charge in [-0.25, -0.2) is 0 Å². The van der Waals surface area contributed by atoms with E-state index in [1.165, 1.54) is 12.2 Å². The van der Waals surface area contributed by atoms with Gasteiger partial charge in [-0.1, -0.05) is 0 Å². The molecule has 3 heteroatoms. The van der Waals surface area contributed by atoms with Crippen LogP contribution in [0.2, 0.25) is 0 Å². The Kier molecular flexibility index (Phi) is 6.74. The standard InChI is InChI=1S/C5H13S2Si/c1-6-4-3-5(8)7-2/h5H,3-4,8H2,1-2H3. The summed E-state index contributed by atoms with van der Waals surface area (Å²) in [6, 6.07) is 0. The molecule has 0 aliphatic rings. The van der Waals surface area contributed by atoms with E-state index in [0.29, 0.717) is 0 Å². The minimum Gasteiger partial charge on any atom is -0.166 e. The quantitative estimate of drug-likeness (QED) is 0.571. The van der Waals surface area contributed by atoms with Crippen LogP contribution in [0.15, 0.2) is 0 Å². The SMILES string of the molecule is CSCCC([SiH2])SC. The predicted octanol–water partition coefficient (Wildman–Crippen LogP) is 1.06. The van der Waals surface area contributed by atoms with Gasteiger partial charge in [0.1, 0.15) is 0 Å². The molecule has 0 saturated heterocycles. The lowest BCUT2D eigenvalue weighted by molar-refractivity contribution is 1.07. The van der Waals surface area contributed by atoms with Gasteiger partial charge in [0.15, 0.2) is 0 Å². The Hall–Kier alpha value is 0.917. The fourth-order valence-corrected chi connectivity index (χ4v) is 1.89. The summed E-state index contributed by atoms with van der Waals surface area (Å²) in [6.07, 6.45) is 5.70. The molecule has 0 aromatic rings. The Morgan fingerprint density at radius 3 is 2.50 bits per heavy atom. The molecule has 0 nitrogen and oxygen atoms in total. The van der Waals surface area contributed by atoms with Crippen molar-refractivity contribution in [1.29, 1.82) is 0 Å². The van der Waals surface area contributed by atoms with Crippen molar-refractivity contribution in [2.45, 2.75) is 11.3 Å². The molecule has 1 atom stereocenters. The molecule has 0 amide bonds. The van der Waals surface area contributed by atoms with E-state index in [-0.39, 0.29) is 0 Å². The number of rotatable bonds is 4. The second kappa shape index (κ2) is 6.04. The lowest BCUT2D eigenvalue weighted by Gasteiger charge is -2.03. The summed E-state index contributed by atoms with van der Waals surface area (Å²) in [5, 5.41) is 0. The van der Waals surface area contributed by atoms with E-state index in [0.717, 1.165) is 4.87 Å². The average Bonchev–Trinajstić information content (AvgIpc) is 1.83. The molecule has 0 rings (SSSR count). The van der Waals surface area contributed by atoms with Crippen LogP contribution in [-0.2, 0) is 0 Å². The molecule has 0 bridgehead atoms. The molecular formula is C5H13S2Si. The van der Waals surface area contributed by atoms with Gasteiger partial charge in [0.05, 0.1) is 0 Å². The Morgan fingerprint density at radius 1 is 1.50 bits per heavy atom. The maximum Gasteiger partial charge on any atom is 0.0254 e. The molecule has 1 unspecified atom stereocenters. The first-order valence-electron chi connectivity index (χ1n) is 2.66. The van der Waals surface area contributed by atoms with Crippen LogP contribution in [0, 0.1) is 0 Å². The molecule has 0 spiro atoms. The van der Waals surface area contributed by atoms with Crippen LogP contribution in [0.4, 0.5) is 0 Å². The van der Waals surface area contributed by atoms with Gasteiger partial charge in [-0.2, -0.15) is 23.5 Å². The van der Waals surface area contributed by atoms with E-state index in [4.69, 9.17) is 0 Å². The van der Waals surface area contributed by atoms with E-state index >= 15 is 0 Å². The van der Waals surface area contributed by atoms with E-state index in [2.05, 4.69) is 22.8 Å². The third kappa shape index (κ3) is 5.06. The van der Waals surface area contributed by atoms with Crippen LogP contribution in [-0.4, -0.2) is 33.4 Å². The van der Waals surface area contributed by atoms with Crippen LogP contribution in [0.3, 0.4) is 0 Å². The predicted molar refractivity (Wildman–Crippen MR) is 48.8 cm³/mol. The zero-order valence-corrected chi connectivity index (χ0v) is 8.56. The third-order valence-corrected chi connectivity index (χ3v) is 3.93. The summed E-state index contributed by atoms with van der Waals surface area (Å²) in [4.78, 5) is 0.877. The van der Waals surface area contributed by atoms with Gasteiger partial charge in [0.2, 0.25) is 0 Å². The highest BCUT2D eigenvalue weighted by Gasteiger charge is 1.95. The molecule has 0 aliphatic heterocycles. The van der Waals surface area contributed by atoms with Crippen molar-refractivity contribution in [1.82, 2.24) is 0 Å². The fourth-order valence-electron chi connectivity index (χ4n) is 0.367. The summed E-state index contributed by atoms with van der Waals surface area (Å²) >= 11 is 3.90. The summed E-state index contributed by atoms with van der Waals surface area (Å²) in [7, 11) is 2.09. The second-order valence-electron chi connectivity index (χ2n) is 1.64. The second-order valence-corrected chi connectivity index (χ2v) is 5.34. The van der Waals surface area contributed by atoms with E-state index < -0.39 is 0 Å².